The highest BCUT2D eigenvalue weighted by Gasteiger charge is 2.36. The van der Waals surface area contributed by atoms with Crippen molar-refractivity contribution in [3.8, 4) is 11.5 Å². The lowest BCUT2D eigenvalue weighted by Crippen LogP contribution is -2.54. The highest BCUT2D eigenvalue weighted by molar-refractivity contribution is 14.1. The van der Waals surface area contributed by atoms with E-state index in [4.69, 9.17) is 32.7 Å². The highest BCUT2D eigenvalue weighted by Crippen LogP contribution is 2.36. The van der Waals surface area contributed by atoms with Gasteiger partial charge in [-0.1, -0.05) is 45.2 Å². The third-order valence-electron chi connectivity index (χ3n) is 5.22. The summed E-state index contributed by atoms with van der Waals surface area (Å²) >= 11 is 17.7. The minimum Gasteiger partial charge on any atom is -0.490 e. The van der Waals surface area contributed by atoms with Crippen LogP contribution in [0.1, 0.15) is 18.1 Å². The van der Waals surface area contributed by atoms with Crippen LogP contribution >= 0.6 is 61.7 Å². The smallest absolute Gasteiger partial charge is 0.335 e. The molecule has 0 aliphatic carbocycles. The van der Waals surface area contributed by atoms with Crippen molar-refractivity contribution in [3.05, 3.63) is 89.4 Å². The average Bonchev–Trinajstić information content (AvgIpc) is 2.83. The number of ether oxygens (including phenoxy) is 2. The fourth-order valence-corrected chi connectivity index (χ4v) is 5.02. The van der Waals surface area contributed by atoms with Crippen molar-refractivity contribution in [1.29, 1.82) is 0 Å². The van der Waals surface area contributed by atoms with Gasteiger partial charge in [-0.15, -0.1) is 0 Å². The number of carbonyl (C=O) groups is 3. The van der Waals surface area contributed by atoms with Gasteiger partial charge in [0.2, 0.25) is 0 Å². The molecule has 37 heavy (non-hydrogen) atoms. The van der Waals surface area contributed by atoms with Crippen LogP contribution in [0.3, 0.4) is 0 Å². The van der Waals surface area contributed by atoms with E-state index >= 15 is 0 Å². The van der Waals surface area contributed by atoms with Crippen molar-refractivity contribution in [2.24, 2.45) is 0 Å². The van der Waals surface area contributed by atoms with Crippen LogP contribution in [0.4, 0.5) is 10.5 Å². The van der Waals surface area contributed by atoms with Gasteiger partial charge in [0.1, 0.15) is 12.2 Å². The lowest BCUT2D eigenvalue weighted by Gasteiger charge is -2.26. The molecule has 4 amide bonds. The second-order valence-corrected chi connectivity index (χ2v) is 10.6. The molecule has 7 nitrogen and oxygen atoms in total. The first kappa shape index (κ1) is 27.4. The number of amides is 4. The number of benzene rings is 3. The SMILES string of the molecule is CCOc1cc(/C=C2\C(=O)NC(=O)N(c3ccc(Br)cc3)C2=O)cc(I)c1OCc1ccc(Cl)cc1Cl. The minimum atomic E-state index is -0.816. The van der Waals surface area contributed by atoms with Crippen LogP contribution in [-0.2, 0) is 16.2 Å². The first-order chi connectivity index (χ1) is 17.7. The fraction of sp³-hybridized carbons (Fsp3) is 0.115. The summed E-state index contributed by atoms with van der Waals surface area (Å²) in [5.41, 5.74) is 1.41. The van der Waals surface area contributed by atoms with E-state index in [-0.39, 0.29) is 12.2 Å². The van der Waals surface area contributed by atoms with Crippen LogP contribution in [0.5, 0.6) is 11.5 Å². The van der Waals surface area contributed by atoms with E-state index in [0.717, 1.165) is 14.9 Å². The minimum absolute atomic E-state index is 0.178. The van der Waals surface area contributed by atoms with Gasteiger partial charge in [-0.25, -0.2) is 9.69 Å². The second kappa shape index (κ2) is 11.8. The maximum Gasteiger partial charge on any atom is 0.335 e. The number of halogens is 4. The molecule has 0 aromatic heterocycles. The molecule has 1 aliphatic heterocycles. The number of anilines is 1. The molecule has 0 unspecified atom stereocenters. The number of hydrogen-bond donors (Lipinski definition) is 1. The zero-order valence-electron chi connectivity index (χ0n) is 19.2. The molecule has 3 aromatic carbocycles. The number of imide groups is 2. The topological polar surface area (TPSA) is 84.9 Å². The van der Waals surface area contributed by atoms with Crippen molar-refractivity contribution >= 4 is 91.3 Å². The molecular weight excluding hydrogens is 698 g/mol. The third-order valence-corrected chi connectivity index (χ3v) is 7.13. The van der Waals surface area contributed by atoms with E-state index in [2.05, 4.69) is 43.8 Å². The molecule has 0 atom stereocenters. The van der Waals surface area contributed by atoms with Gasteiger partial charge in [0.15, 0.2) is 11.5 Å². The standard InChI is InChI=1S/C26H18BrCl2IN2O5/c1-2-36-22-11-14(10-21(30)23(22)37-13-15-3-6-17(28)12-20(15)29)9-19-24(33)31-26(35)32(25(19)34)18-7-4-16(27)5-8-18/h3-12H,2,13H2,1H3,(H,31,33,35)/b19-9+. The fourth-order valence-electron chi connectivity index (χ4n) is 3.51. The largest absolute Gasteiger partial charge is 0.490 e. The van der Waals surface area contributed by atoms with Crippen LogP contribution in [0.2, 0.25) is 10.0 Å². The lowest BCUT2D eigenvalue weighted by molar-refractivity contribution is -0.122. The van der Waals surface area contributed by atoms with E-state index in [0.29, 0.717) is 43.0 Å². The van der Waals surface area contributed by atoms with Crippen LogP contribution in [0.15, 0.2) is 64.6 Å². The van der Waals surface area contributed by atoms with Gasteiger partial charge in [-0.3, -0.25) is 14.9 Å². The molecule has 1 aliphatic rings. The summed E-state index contributed by atoms with van der Waals surface area (Å²) < 4.78 is 13.3. The van der Waals surface area contributed by atoms with E-state index in [1.807, 2.05) is 6.92 Å². The summed E-state index contributed by atoms with van der Waals surface area (Å²) in [6.07, 6.45) is 1.42. The van der Waals surface area contributed by atoms with Gasteiger partial charge >= 0.3 is 6.03 Å². The van der Waals surface area contributed by atoms with Crippen molar-refractivity contribution in [2.45, 2.75) is 13.5 Å². The van der Waals surface area contributed by atoms with Gasteiger partial charge in [0.25, 0.3) is 11.8 Å². The van der Waals surface area contributed by atoms with Crippen LogP contribution in [0.25, 0.3) is 6.08 Å². The summed E-state index contributed by atoms with van der Waals surface area (Å²) in [5, 5.41) is 3.23. The van der Waals surface area contributed by atoms with Crippen LogP contribution in [0, 0.1) is 3.57 Å². The zero-order chi connectivity index (χ0) is 26.7. The number of carbonyl (C=O) groups excluding carboxylic acids is 3. The van der Waals surface area contributed by atoms with Gasteiger partial charge in [-0.2, -0.15) is 0 Å². The van der Waals surface area contributed by atoms with E-state index < -0.39 is 17.8 Å². The molecular formula is C26H18BrCl2IN2O5. The molecule has 0 bridgehead atoms. The lowest BCUT2D eigenvalue weighted by atomic mass is 10.1. The Labute approximate surface area is 245 Å². The van der Waals surface area contributed by atoms with Gasteiger partial charge in [0.05, 0.1) is 15.9 Å². The number of rotatable bonds is 7. The van der Waals surface area contributed by atoms with Crippen LogP contribution < -0.4 is 19.7 Å². The number of nitrogens with zero attached hydrogens (tertiary/aromatic N) is 1. The Hall–Kier alpha value is -2.60. The predicted octanol–water partition coefficient (Wildman–Crippen LogP) is 7.00. The molecule has 0 spiro atoms. The monoisotopic (exact) mass is 714 g/mol. The number of hydrogen-bond acceptors (Lipinski definition) is 5. The summed E-state index contributed by atoms with van der Waals surface area (Å²) in [7, 11) is 0. The Morgan fingerprint density at radius 1 is 1.03 bits per heavy atom. The summed E-state index contributed by atoms with van der Waals surface area (Å²) in [4.78, 5) is 39.2. The second-order valence-electron chi connectivity index (χ2n) is 7.72. The average molecular weight is 716 g/mol. The highest BCUT2D eigenvalue weighted by atomic mass is 127. The van der Waals surface area contributed by atoms with Crippen molar-refractivity contribution in [3.63, 3.8) is 0 Å². The Kier molecular flexibility index (Phi) is 8.79. The first-order valence-electron chi connectivity index (χ1n) is 10.9. The summed E-state index contributed by atoms with van der Waals surface area (Å²) in [6, 6.07) is 14.3. The maximum atomic E-state index is 13.2. The van der Waals surface area contributed by atoms with E-state index in [1.165, 1.54) is 6.08 Å². The van der Waals surface area contributed by atoms with Crippen molar-refractivity contribution < 1.29 is 23.9 Å². The van der Waals surface area contributed by atoms with Gasteiger partial charge in [0, 0.05) is 20.1 Å². The molecule has 1 N–H and O–H groups in total. The summed E-state index contributed by atoms with van der Waals surface area (Å²) in [6.45, 7) is 2.37. The van der Waals surface area contributed by atoms with Crippen molar-refractivity contribution in [2.75, 3.05) is 11.5 Å². The van der Waals surface area contributed by atoms with Crippen LogP contribution in [-0.4, -0.2) is 24.5 Å². The van der Waals surface area contributed by atoms with E-state index in [9.17, 15) is 14.4 Å². The molecule has 0 saturated carbocycles. The third kappa shape index (κ3) is 6.28. The van der Waals surface area contributed by atoms with Gasteiger partial charge < -0.3 is 9.47 Å². The number of barbiturate groups is 1. The van der Waals surface area contributed by atoms with E-state index in [1.54, 1.807) is 54.6 Å². The zero-order valence-corrected chi connectivity index (χ0v) is 24.4. The molecule has 0 radical (unpaired) electrons. The molecule has 4 rings (SSSR count). The molecule has 3 aromatic rings. The Balaban J connectivity index is 1.66. The first-order valence-corrected chi connectivity index (χ1v) is 13.5. The normalized spacial score (nSPS) is 14.7. The molecule has 1 heterocycles. The Morgan fingerprint density at radius 3 is 2.43 bits per heavy atom. The number of urea groups is 1. The molecule has 11 heteroatoms. The Morgan fingerprint density at radius 2 is 1.76 bits per heavy atom. The molecule has 1 fully saturated rings. The quantitative estimate of drug-likeness (QED) is 0.162. The number of nitrogens with one attached hydrogen (secondary N) is 1. The van der Waals surface area contributed by atoms with Crippen molar-refractivity contribution in [1.82, 2.24) is 5.32 Å². The Bertz CT molecular complexity index is 1430. The molecule has 1 saturated heterocycles. The summed E-state index contributed by atoms with van der Waals surface area (Å²) in [5.74, 6) is -0.603. The predicted molar refractivity (Wildman–Crippen MR) is 154 cm³/mol. The maximum absolute atomic E-state index is 13.2. The molecule has 190 valence electrons. The van der Waals surface area contributed by atoms with Gasteiger partial charge in [-0.05, 0) is 89.7 Å².